The van der Waals surface area contributed by atoms with Crippen LogP contribution in [0, 0.1) is 0 Å². The summed E-state index contributed by atoms with van der Waals surface area (Å²) in [5, 5.41) is 1.76. The molecule has 3 aromatic carbocycles. The third kappa shape index (κ3) is 5.59. The fraction of sp³-hybridized carbons (Fsp3) is 0.308. The van der Waals surface area contributed by atoms with Gasteiger partial charge in [0.05, 0.1) is 0 Å². The van der Waals surface area contributed by atoms with Gasteiger partial charge >= 0.3 is 0 Å². The van der Waals surface area contributed by atoms with Gasteiger partial charge in [-0.1, -0.05) is 70.0 Å². The van der Waals surface area contributed by atoms with Crippen LogP contribution < -0.4 is 9.47 Å². The topological polar surface area (TPSA) is 18.5 Å². The summed E-state index contributed by atoms with van der Waals surface area (Å²) in [6.07, 6.45) is 5.17. The van der Waals surface area contributed by atoms with Gasteiger partial charge in [-0.15, -0.1) is 0 Å². The summed E-state index contributed by atoms with van der Waals surface area (Å²) in [5.41, 5.74) is 4.95. The number of hydrogen-bond donors (Lipinski definition) is 0. The van der Waals surface area contributed by atoms with Crippen LogP contribution in [0.3, 0.4) is 0 Å². The van der Waals surface area contributed by atoms with Crippen LogP contribution in [-0.2, 0) is 25.9 Å². The molecule has 1 atom stereocenters. The summed E-state index contributed by atoms with van der Waals surface area (Å²) in [7, 11) is 0. The van der Waals surface area contributed by atoms with Gasteiger partial charge in [-0.25, -0.2) is 0 Å². The number of halogens is 2. The summed E-state index contributed by atoms with van der Waals surface area (Å²) in [5.74, 6) is 2.01. The number of aryl methyl sites for hydroxylation is 2. The maximum atomic E-state index is 6.30. The van der Waals surface area contributed by atoms with Gasteiger partial charge in [-0.05, 0) is 66.6 Å². The summed E-state index contributed by atoms with van der Waals surface area (Å²) >= 11 is 9.54. The van der Waals surface area contributed by atoms with Gasteiger partial charge in [0, 0.05) is 22.3 Å². The minimum Gasteiger partial charge on any atom is -0.490 e. The highest BCUT2D eigenvalue weighted by Crippen LogP contribution is 2.37. The molecule has 0 aliphatic carbocycles. The van der Waals surface area contributed by atoms with Crippen molar-refractivity contribution >= 4 is 27.5 Å². The fourth-order valence-electron chi connectivity index (χ4n) is 3.84. The second-order valence-corrected chi connectivity index (χ2v) is 8.97. The summed E-state index contributed by atoms with van der Waals surface area (Å²) in [6, 6.07) is 22.8. The first-order valence-corrected chi connectivity index (χ1v) is 12.0. The molecule has 0 radical (unpaired) electrons. The molecule has 3 aromatic rings. The molecule has 1 heterocycles. The van der Waals surface area contributed by atoms with Crippen LogP contribution in [0.4, 0.5) is 0 Å². The van der Waals surface area contributed by atoms with Gasteiger partial charge in [0.2, 0.25) is 0 Å². The Bertz CT molecular complexity index is 957. The van der Waals surface area contributed by atoms with E-state index in [0.717, 1.165) is 54.0 Å². The smallest absolute Gasteiger partial charge is 0.123 e. The van der Waals surface area contributed by atoms with Gasteiger partial charge in [0.15, 0.2) is 0 Å². The number of alkyl halides is 1. The highest BCUT2D eigenvalue weighted by molar-refractivity contribution is 9.09. The molecule has 30 heavy (non-hydrogen) atoms. The predicted octanol–water partition coefficient (Wildman–Crippen LogP) is 7.18. The minimum atomic E-state index is 0.212. The van der Waals surface area contributed by atoms with E-state index in [9.17, 15) is 0 Å². The van der Waals surface area contributed by atoms with E-state index in [2.05, 4.69) is 52.3 Å². The van der Waals surface area contributed by atoms with Crippen molar-refractivity contribution in [3.05, 3.63) is 94.0 Å². The molecule has 1 unspecified atom stereocenters. The zero-order valence-corrected chi connectivity index (χ0v) is 19.3. The molecule has 156 valence electrons. The second-order valence-electron chi connectivity index (χ2n) is 7.74. The SMILES string of the molecule is Clc1ccc(CCC2Cc3cc(OCc4ccccc4)c(CCCBr)cc3O2)cc1. The highest BCUT2D eigenvalue weighted by atomic mass is 79.9. The maximum Gasteiger partial charge on any atom is 0.123 e. The first kappa shape index (κ1) is 21.3. The molecule has 0 bridgehead atoms. The lowest BCUT2D eigenvalue weighted by Crippen LogP contribution is -2.13. The summed E-state index contributed by atoms with van der Waals surface area (Å²) in [6.45, 7) is 0.585. The molecule has 1 aliphatic heterocycles. The quantitative estimate of drug-likeness (QED) is 0.299. The molecule has 0 amide bonds. The summed E-state index contributed by atoms with van der Waals surface area (Å²) < 4.78 is 12.5. The van der Waals surface area contributed by atoms with Crippen molar-refractivity contribution in [2.45, 2.75) is 44.8 Å². The van der Waals surface area contributed by atoms with E-state index in [1.54, 1.807) is 0 Å². The van der Waals surface area contributed by atoms with E-state index < -0.39 is 0 Å². The second kappa shape index (κ2) is 10.4. The van der Waals surface area contributed by atoms with E-state index in [0.29, 0.717) is 6.61 Å². The molecule has 1 aliphatic rings. The lowest BCUT2D eigenvalue weighted by atomic mass is 10.0. The Morgan fingerprint density at radius 2 is 1.77 bits per heavy atom. The molecule has 0 fully saturated rings. The van der Waals surface area contributed by atoms with E-state index in [1.165, 1.54) is 22.3 Å². The Hall–Kier alpha value is -1.97. The molecule has 0 saturated carbocycles. The zero-order chi connectivity index (χ0) is 20.8. The first-order chi connectivity index (χ1) is 14.7. The van der Waals surface area contributed by atoms with Crippen LogP contribution in [-0.4, -0.2) is 11.4 Å². The number of ether oxygens (including phenoxy) is 2. The van der Waals surface area contributed by atoms with Gasteiger partial charge in [-0.3, -0.25) is 0 Å². The lowest BCUT2D eigenvalue weighted by molar-refractivity contribution is 0.221. The van der Waals surface area contributed by atoms with Crippen LogP contribution >= 0.6 is 27.5 Å². The molecule has 0 N–H and O–H groups in total. The van der Waals surface area contributed by atoms with Crippen molar-refractivity contribution in [2.75, 3.05) is 5.33 Å². The van der Waals surface area contributed by atoms with E-state index >= 15 is 0 Å². The Morgan fingerprint density at radius 1 is 0.967 bits per heavy atom. The van der Waals surface area contributed by atoms with E-state index in [-0.39, 0.29) is 6.10 Å². The van der Waals surface area contributed by atoms with Crippen LogP contribution in [0.1, 0.15) is 35.1 Å². The van der Waals surface area contributed by atoms with Crippen LogP contribution in [0.25, 0.3) is 0 Å². The molecule has 0 saturated heterocycles. The molecular weight excluding hydrogens is 460 g/mol. The molecule has 4 rings (SSSR count). The first-order valence-electron chi connectivity index (χ1n) is 10.5. The van der Waals surface area contributed by atoms with Crippen molar-refractivity contribution < 1.29 is 9.47 Å². The Morgan fingerprint density at radius 3 is 2.53 bits per heavy atom. The van der Waals surface area contributed by atoms with Gasteiger partial charge < -0.3 is 9.47 Å². The van der Waals surface area contributed by atoms with Gasteiger partial charge in [0.1, 0.15) is 24.2 Å². The standard InChI is InChI=1S/C26H26BrClO2/c27-14-4-7-21-16-26-22(17-25(21)29-18-20-5-2-1-3-6-20)15-24(30-26)13-10-19-8-11-23(28)12-9-19/h1-3,5-6,8-9,11-12,16-17,24H,4,7,10,13-15,18H2. The number of fused-ring (bicyclic) bond motifs is 1. The molecular formula is C26H26BrClO2. The predicted molar refractivity (Wildman–Crippen MR) is 127 cm³/mol. The number of benzene rings is 3. The van der Waals surface area contributed by atoms with Crippen molar-refractivity contribution in [2.24, 2.45) is 0 Å². The number of rotatable bonds is 9. The van der Waals surface area contributed by atoms with Crippen molar-refractivity contribution in [1.82, 2.24) is 0 Å². The van der Waals surface area contributed by atoms with Crippen LogP contribution in [0.2, 0.25) is 5.02 Å². The third-order valence-corrected chi connectivity index (χ3v) is 6.28. The van der Waals surface area contributed by atoms with Crippen LogP contribution in [0.15, 0.2) is 66.7 Å². The van der Waals surface area contributed by atoms with E-state index in [4.69, 9.17) is 21.1 Å². The Kier molecular flexibility index (Phi) is 7.35. The highest BCUT2D eigenvalue weighted by Gasteiger charge is 2.25. The average molecular weight is 486 g/mol. The van der Waals surface area contributed by atoms with Gasteiger partial charge in [0.25, 0.3) is 0 Å². The monoisotopic (exact) mass is 484 g/mol. The Balaban J connectivity index is 1.43. The minimum absolute atomic E-state index is 0.212. The zero-order valence-electron chi connectivity index (χ0n) is 17.0. The van der Waals surface area contributed by atoms with Crippen molar-refractivity contribution in [1.29, 1.82) is 0 Å². The molecule has 0 aromatic heterocycles. The third-order valence-electron chi connectivity index (χ3n) is 5.47. The Labute approximate surface area is 192 Å². The normalized spacial score (nSPS) is 14.9. The van der Waals surface area contributed by atoms with E-state index in [1.807, 2.05) is 30.3 Å². The van der Waals surface area contributed by atoms with Crippen LogP contribution in [0.5, 0.6) is 11.5 Å². The molecule has 0 spiro atoms. The summed E-state index contributed by atoms with van der Waals surface area (Å²) in [4.78, 5) is 0. The average Bonchev–Trinajstić information content (AvgIpc) is 3.18. The van der Waals surface area contributed by atoms with Crippen molar-refractivity contribution in [3.63, 3.8) is 0 Å². The van der Waals surface area contributed by atoms with Gasteiger partial charge in [-0.2, -0.15) is 0 Å². The number of hydrogen-bond acceptors (Lipinski definition) is 2. The molecule has 2 nitrogen and oxygen atoms in total. The largest absolute Gasteiger partial charge is 0.490 e. The fourth-order valence-corrected chi connectivity index (χ4v) is 4.25. The molecule has 4 heteroatoms. The van der Waals surface area contributed by atoms with Crippen molar-refractivity contribution in [3.8, 4) is 11.5 Å². The maximum absolute atomic E-state index is 6.30. The lowest BCUT2D eigenvalue weighted by Gasteiger charge is -2.14.